The Morgan fingerprint density at radius 2 is 1.97 bits per heavy atom. The molecule has 168 valence electrons. The number of rotatable bonds is 7. The number of esters is 1. The molecule has 1 aliphatic heterocycles. The molecule has 0 radical (unpaired) electrons. The third kappa shape index (κ3) is 4.83. The highest BCUT2D eigenvalue weighted by Gasteiger charge is 2.43. The number of piperidine rings is 1. The van der Waals surface area contributed by atoms with Crippen LogP contribution in [0.2, 0.25) is 0 Å². The number of carbonyl (C=O) groups excluding carboxylic acids is 1. The van der Waals surface area contributed by atoms with E-state index in [1.165, 1.54) is 6.07 Å². The molecule has 7 heteroatoms. The number of likely N-dealkylation sites (tertiary alicyclic amines) is 1. The van der Waals surface area contributed by atoms with Crippen LogP contribution in [-0.4, -0.2) is 40.8 Å². The zero-order valence-corrected chi connectivity index (χ0v) is 18.1. The molecule has 0 amide bonds. The molecule has 32 heavy (non-hydrogen) atoms. The zero-order chi connectivity index (χ0) is 22.6. The van der Waals surface area contributed by atoms with Crippen LogP contribution in [0, 0.1) is 11.2 Å². The third-order valence-electron chi connectivity index (χ3n) is 6.06. The van der Waals surface area contributed by atoms with E-state index in [2.05, 4.69) is 10.1 Å². The molecule has 1 N–H and O–H groups in total. The smallest absolute Gasteiger partial charge is 0.312 e. The summed E-state index contributed by atoms with van der Waals surface area (Å²) in [7, 11) is 0. The monoisotopic (exact) mass is 438 g/mol. The zero-order valence-electron chi connectivity index (χ0n) is 18.1. The number of aromatic hydroxyl groups is 1. The fourth-order valence-corrected chi connectivity index (χ4v) is 4.32. The van der Waals surface area contributed by atoms with Crippen LogP contribution in [0.1, 0.15) is 31.1 Å². The van der Waals surface area contributed by atoms with Crippen LogP contribution < -0.4 is 0 Å². The van der Waals surface area contributed by atoms with Gasteiger partial charge in [-0.15, -0.1) is 0 Å². The molecule has 2 aromatic carbocycles. The molecule has 1 saturated heterocycles. The molecule has 1 fully saturated rings. The van der Waals surface area contributed by atoms with Crippen molar-refractivity contribution in [1.82, 2.24) is 10.1 Å². The average molecular weight is 438 g/mol. The van der Waals surface area contributed by atoms with Crippen molar-refractivity contribution in [2.24, 2.45) is 5.41 Å². The van der Waals surface area contributed by atoms with Gasteiger partial charge in [-0.3, -0.25) is 9.69 Å². The van der Waals surface area contributed by atoms with Crippen LogP contribution >= 0.6 is 0 Å². The van der Waals surface area contributed by atoms with Gasteiger partial charge in [0.05, 0.1) is 12.0 Å². The summed E-state index contributed by atoms with van der Waals surface area (Å²) in [6, 6.07) is 15.3. The number of halogens is 1. The van der Waals surface area contributed by atoms with E-state index in [4.69, 9.17) is 9.26 Å². The standard InChI is InChI=1S/C25H27FN2O4/c1-2-31-24(30)25(10-12-28(13-11-25)17-18-6-5-7-19(29)14-18)16-20-15-23(27-32-20)21-8-3-4-9-22(21)26/h3-9,14-15,29H,2,10-13,16-17H2,1H3. The van der Waals surface area contributed by atoms with Gasteiger partial charge in [0.2, 0.25) is 0 Å². The average Bonchev–Trinajstić information content (AvgIpc) is 3.24. The van der Waals surface area contributed by atoms with Crippen LogP contribution in [0.4, 0.5) is 4.39 Å². The Hall–Kier alpha value is -3.19. The van der Waals surface area contributed by atoms with E-state index >= 15 is 0 Å². The lowest BCUT2D eigenvalue weighted by Crippen LogP contribution is -2.46. The molecule has 0 saturated carbocycles. The van der Waals surface area contributed by atoms with Crippen LogP contribution in [0.3, 0.4) is 0 Å². The van der Waals surface area contributed by atoms with Crippen molar-refractivity contribution in [3.05, 3.63) is 71.7 Å². The summed E-state index contributed by atoms with van der Waals surface area (Å²) in [5.74, 6) is 0.183. The Morgan fingerprint density at radius 3 is 2.69 bits per heavy atom. The first-order chi connectivity index (χ1) is 15.5. The predicted molar refractivity (Wildman–Crippen MR) is 117 cm³/mol. The molecule has 1 aliphatic rings. The molecule has 2 heterocycles. The van der Waals surface area contributed by atoms with Crippen LogP contribution in [-0.2, 0) is 22.5 Å². The van der Waals surface area contributed by atoms with E-state index in [0.29, 0.717) is 62.5 Å². The molecule has 4 rings (SSSR count). The summed E-state index contributed by atoms with van der Waals surface area (Å²) in [4.78, 5) is 15.2. The summed E-state index contributed by atoms with van der Waals surface area (Å²) < 4.78 is 25.0. The van der Waals surface area contributed by atoms with Crippen molar-refractivity contribution in [3.63, 3.8) is 0 Å². The van der Waals surface area contributed by atoms with Gasteiger partial charge < -0.3 is 14.4 Å². The number of aromatic nitrogens is 1. The minimum atomic E-state index is -0.711. The number of nitrogens with zero attached hydrogens (tertiary/aromatic N) is 2. The molecule has 3 aromatic rings. The number of hydrogen-bond acceptors (Lipinski definition) is 6. The van der Waals surface area contributed by atoms with E-state index in [1.54, 1.807) is 43.3 Å². The first-order valence-electron chi connectivity index (χ1n) is 10.9. The quantitative estimate of drug-likeness (QED) is 0.545. The normalized spacial score (nSPS) is 16.1. The van der Waals surface area contributed by atoms with Crippen molar-refractivity contribution >= 4 is 5.97 Å². The van der Waals surface area contributed by atoms with Gasteiger partial charge in [-0.1, -0.05) is 29.4 Å². The lowest BCUT2D eigenvalue weighted by atomic mass is 9.74. The lowest BCUT2D eigenvalue weighted by molar-refractivity contribution is -0.159. The number of phenolic OH excluding ortho intramolecular Hbond substituents is 1. The number of phenols is 1. The van der Waals surface area contributed by atoms with E-state index in [1.807, 2.05) is 12.1 Å². The number of carbonyl (C=O) groups is 1. The minimum Gasteiger partial charge on any atom is -0.508 e. The molecule has 0 atom stereocenters. The first-order valence-corrected chi connectivity index (χ1v) is 10.9. The fraction of sp³-hybridized carbons (Fsp3) is 0.360. The Balaban J connectivity index is 1.49. The van der Waals surface area contributed by atoms with Gasteiger partial charge in [-0.05, 0) is 62.7 Å². The Morgan fingerprint density at radius 1 is 1.19 bits per heavy atom. The summed E-state index contributed by atoms with van der Waals surface area (Å²) in [5.41, 5.74) is 1.10. The second kappa shape index (κ2) is 9.53. The Bertz CT molecular complexity index is 1070. The van der Waals surface area contributed by atoms with Gasteiger partial charge in [0, 0.05) is 24.6 Å². The SMILES string of the molecule is CCOC(=O)C1(Cc2cc(-c3ccccc3F)no2)CCN(Cc2cccc(O)c2)CC1. The van der Waals surface area contributed by atoms with E-state index in [-0.39, 0.29) is 17.5 Å². The highest BCUT2D eigenvalue weighted by Crippen LogP contribution is 2.38. The second-order valence-corrected chi connectivity index (χ2v) is 8.28. The second-order valence-electron chi connectivity index (χ2n) is 8.28. The molecule has 1 aromatic heterocycles. The molecule has 0 unspecified atom stereocenters. The van der Waals surface area contributed by atoms with Crippen molar-refractivity contribution in [3.8, 4) is 17.0 Å². The Kier molecular flexibility index (Phi) is 6.55. The van der Waals surface area contributed by atoms with Crippen molar-refractivity contribution < 1.29 is 23.6 Å². The van der Waals surface area contributed by atoms with Crippen molar-refractivity contribution in [2.45, 2.75) is 32.7 Å². The molecule has 0 bridgehead atoms. The van der Waals surface area contributed by atoms with Gasteiger partial charge in [-0.25, -0.2) is 4.39 Å². The van der Waals surface area contributed by atoms with Gasteiger partial charge >= 0.3 is 5.97 Å². The van der Waals surface area contributed by atoms with Crippen LogP contribution in [0.15, 0.2) is 59.1 Å². The molecule has 0 spiro atoms. The van der Waals surface area contributed by atoms with Crippen LogP contribution in [0.5, 0.6) is 5.75 Å². The maximum Gasteiger partial charge on any atom is 0.312 e. The van der Waals surface area contributed by atoms with Gasteiger partial charge in [0.15, 0.2) is 0 Å². The molecular formula is C25H27FN2O4. The first kappa shape index (κ1) is 22.0. The van der Waals surface area contributed by atoms with E-state index in [9.17, 15) is 14.3 Å². The number of ether oxygens (including phenoxy) is 1. The van der Waals surface area contributed by atoms with Crippen molar-refractivity contribution in [2.75, 3.05) is 19.7 Å². The Labute approximate surface area is 186 Å². The summed E-state index contributed by atoms with van der Waals surface area (Å²) in [6.45, 7) is 4.23. The fourth-order valence-electron chi connectivity index (χ4n) is 4.32. The summed E-state index contributed by atoms with van der Waals surface area (Å²) in [6.07, 6.45) is 1.58. The number of benzene rings is 2. The summed E-state index contributed by atoms with van der Waals surface area (Å²) >= 11 is 0. The largest absolute Gasteiger partial charge is 0.508 e. The van der Waals surface area contributed by atoms with Crippen LogP contribution in [0.25, 0.3) is 11.3 Å². The van der Waals surface area contributed by atoms with Crippen molar-refractivity contribution in [1.29, 1.82) is 0 Å². The van der Waals surface area contributed by atoms with Gasteiger partial charge in [-0.2, -0.15) is 0 Å². The third-order valence-corrected chi connectivity index (χ3v) is 6.06. The highest BCUT2D eigenvalue weighted by atomic mass is 19.1. The molecule has 0 aliphatic carbocycles. The van der Waals surface area contributed by atoms with E-state index < -0.39 is 5.41 Å². The van der Waals surface area contributed by atoms with E-state index in [0.717, 1.165) is 5.56 Å². The molecular weight excluding hydrogens is 411 g/mol. The summed E-state index contributed by atoms with van der Waals surface area (Å²) in [5, 5.41) is 13.7. The van der Waals surface area contributed by atoms with Gasteiger partial charge in [0.25, 0.3) is 0 Å². The lowest BCUT2D eigenvalue weighted by Gasteiger charge is -2.39. The predicted octanol–water partition coefficient (Wildman–Crippen LogP) is 4.57. The topological polar surface area (TPSA) is 75.8 Å². The molecule has 6 nitrogen and oxygen atoms in total. The maximum absolute atomic E-state index is 14.1. The van der Waals surface area contributed by atoms with Gasteiger partial charge in [0.1, 0.15) is 23.0 Å². The number of hydrogen-bond donors (Lipinski definition) is 1. The minimum absolute atomic E-state index is 0.235. The highest BCUT2D eigenvalue weighted by molar-refractivity contribution is 5.77. The maximum atomic E-state index is 14.1.